The Hall–Kier alpha value is -3.17. The van der Waals surface area contributed by atoms with Crippen molar-refractivity contribution >= 4 is 23.3 Å². The van der Waals surface area contributed by atoms with Crippen molar-refractivity contribution in [2.45, 2.75) is 37.1 Å². The van der Waals surface area contributed by atoms with Crippen molar-refractivity contribution in [2.24, 2.45) is 0 Å². The molecule has 0 aliphatic carbocycles. The molecule has 0 spiro atoms. The topological polar surface area (TPSA) is 100 Å². The fourth-order valence-electron chi connectivity index (χ4n) is 4.17. The number of carbonyl (C=O) groups excluding carboxylic acids is 2. The number of urea groups is 1. The lowest BCUT2D eigenvalue weighted by Crippen LogP contribution is -2.47. The number of rotatable bonds is 5. The summed E-state index contributed by atoms with van der Waals surface area (Å²) in [4.78, 5) is 26.0. The van der Waals surface area contributed by atoms with Crippen molar-refractivity contribution < 1.29 is 28.6 Å². The lowest BCUT2D eigenvalue weighted by atomic mass is 9.84. The second kappa shape index (κ2) is 9.13. The third-order valence-corrected chi connectivity index (χ3v) is 5.76. The first-order valence-corrected chi connectivity index (χ1v) is 10.4. The minimum Gasteiger partial charge on any atom is -0.487 e. The Kier molecular flexibility index (Phi) is 6.29. The molecule has 0 bridgehead atoms. The summed E-state index contributed by atoms with van der Waals surface area (Å²) in [5, 5.41) is 15.2. The zero-order chi connectivity index (χ0) is 22.8. The van der Waals surface area contributed by atoms with Crippen LogP contribution in [0.1, 0.15) is 24.3 Å². The number of amides is 3. The number of aliphatic hydroxyl groups excluding tert-OH is 1. The van der Waals surface area contributed by atoms with Crippen molar-refractivity contribution in [3.8, 4) is 5.75 Å². The first-order chi connectivity index (χ1) is 15.3. The van der Waals surface area contributed by atoms with Gasteiger partial charge in [-0.15, -0.1) is 0 Å². The second-order valence-corrected chi connectivity index (χ2v) is 8.23. The van der Waals surface area contributed by atoms with Gasteiger partial charge < -0.3 is 30.1 Å². The van der Waals surface area contributed by atoms with Crippen molar-refractivity contribution in [1.82, 2.24) is 4.90 Å². The lowest BCUT2D eigenvalue weighted by molar-refractivity contribution is -0.147. The minimum atomic E-state index is -0.542. The Labute approximate surface area is 185 Å². The van der Waals surface area contributed by atoms with E-state index >= 15 is 0 Å². The standard InChI is InChI=1S/C23H26FN3O5/c1-27(2)21(29)11-16-10-18-17-9-15(7-8-19(17)32-22(18)20(12-28)31-16)26-23(30)25-14-5-3-13(24)4-6-14/h3-9,16,18,20,22,28H,10-12H2,1-2H3,(H2,25,26,30)/t16-,18-,20-,22+/m1/s1. The zero-order valence-corrected chi connectivity index (χ0v) is 17.9. The highest BCUT2D eigenvalue weighted by Gasteiger charge is 2.46. The van der Waals surface area contributed by atoms with Crippen molar-refractivity contribution in [3.05, 3.63) is 53.8 Å². The monoisotopic (exact) mass is 443 g/mol. The summed E-state index contributed by atoms with van der Waals surface area (Å²) in [6.07, 6.45) is -0.446. The van der Waals surface area contributed by atoms with Crippen molar-refractivity contribution in [2.75, 3.05) is 31.3 Å². The van der Waals surface area contributed by atoms with Crippen molar-refractivity contribution in [3.63, 3.8) is 0 Å². The van der Waals surface area contributed by atoms with Gasteiger partial charge in [0.15, 0.2) is 0 Å². The fourth-order valence-corrected chi connectivity index (χ4v) is 4.17. The number of fused-ring (bicyclic) bond motifs is 3. The maximum atomic E-state index is 13.0. The molecular formula is C23H26FN3O5. The predicted molar refractivity (Wildman–Crippen MR) is 116 cm³/mol. The van der Waals surface area contributed by atoms with Gasteiger partial charge in [-0.25, -0.2) is 9.18 Å². The van der Waals surface area contributed by atoms with Crippen LogP contribution in [0.25, 0.3) is 0 Å². The molecule has 32 heavy (non-hydrogen) atoms. The van der Waals surface area contributed by atoms with Gasteiger partial charge in [0, 0.05) is 37.0 Å². The highest BCUT2D eigenvalue weighted by Crippen LogP contribution is 2.47. The van der Waals surface area contributed by atoms with Crippen LogP contribution in [0.2, 0.25) is 0 Å². The molecule has 4 rings (SSSR count). The predicted octanol–water partition coefficient (Wildman–Crippen LogP) is 2.94. The fraction of sp³-hybridized carbons (Fsp3) is 0.391. The van der Waals surface area contributed by atoms with Gasteiger partial charge in [-0.2, -0.15) is 0 Å². The molecule has 2 heterocycles. The Morgan fingerprint density at radius 1 is 1.12 bits per heavy atom. The molecule has 170 valence electrons. The first-order valence-electron chi connectivity index (χ1n) is 10.4. The van der Waals surface area contributed by atoms with Gasteiger partial charge in [0.2, 0.25) is 5.91 Å². The first kappa shape index (κ1) is 22.0. The van der Waals surface area contributed by atoms with E-state index in [1.54, 1.807) is 26.2 Å². The summed E-state index contributed by atoms with van der Waals surface area (Å²) in [6, 6.07) is 10.4. The number of ether oxygens (including phenoxy) is 2. The Morgan fingerprint density at radius 3 is 2.50 bits per heavy atom. The van der Waals surface area contributed by atoms with E-state index in [-0.39, 0.29) is 42.9 Å². The van der Waals surface area contributed by atoms with Gasteiger partial charge in [-0.05, 0) is 48.9 Å². The average Bonchev–Trinajstić information content (AvgIpc) is 3.12. The van der Waals surface area contributed by atoms with Gasteiger partial charge >= 0.3 is 6.03 Å². The Morgan fingerprint density at radius 2 is 1.81 bits per heavy atom. The molecule has 3 amide bonds. The average molecular weight is 443 g/mol. The van der Waals surface area contributed by atoms with Gasteiger partial charge in [0.1, 0.15) is 23.8 Å². The maximum Gasteiger partial charge on any atom is 0.323 e. The molecular weight excluding hydrogens is 417 g/mol. The van der Waals surface area contributed by atoms with E-state index in [1.807, 2.05) is 6.07 Å². The third kappa shape index (κ3) is 4.68. The smallest absolute Gasteiger partial charge is 0.323 e. The summed E-state index contributed by atoms with van der Waals surface area (Å²) >= 11 is 0. The number of aliphatic hydroxyl groups is 1. The number of halogens is 1. The van der Waals surface area contributed by atoms with Gasteiger partial charge in [0.05, 0.1) is 19.1 Å². The Balaban J connectivity index is 1.48. The molecule has 0 unspecified atom stereocenters. The highest BCUT2D eigenvalue weighted by molar-refractivity contribution is 5.99. The number of hydrogen-bond acceptors (Lipinski definition) is 5. The quantitative estimate of drug-likeness (QED) is 0.660. The molecule has 4 atom stereocenters. The molecule has 2 aliphatic rings. The van der Waals surface area contributed by atoms with E-state index in [0.29, 0.717) is 23.5 Å². The number of anilines is 2. The summed E-state index contributed by atoms with van der Waals surface area (Å²) < 4.78 is 25.0. The molecule has 3 N–H and O–H groups in total. The second-order valence-electron chi connectivity index (χ2n) is 8.23. The number of carbonyl (C=O) groups is 2. The molecule has 0 aromatic heterocycles. The van der Waals surface area contributed by atoms with Crippen LogP contribution in [0.3, 0.4) is 0 Å². The van der Waals surface area contributed by atoms with Crippen LogP contribution in [0.4, 0.5) is 20.6 Å². The van der Waals surface area contributed by atoms with Crippen LogP contribution in [-0.4, -0.2) is 61.0 Å². The minimum absolute atomic E-state index is 0.0443. The summed E-state index contributed by atoms with van der Waals surface area (Å²) in [7, 11) is 3.39. The Bertz CT molecular complexity index is 998. The highest BCUT2D eigenvalue weighted by atomic mass is 19.1. The molecule has 0 saturated carbocycles. The number of nitrogens with one attached hydrogen (secondary N) is 2. The molecule has 0 radical (unpaired) electrons. The molecule has 1 saturated heterocycles. The van der Waals surface area contributed by atoms with Crippen molar-refractivity contribution in [1.29, 1.82) is 0 Å². The molecule has 9 heteroatoms. The zero-order valence-electron chi connectivity index (χ0n) is 17.9. The van der Waals surface area contributed by atoms with Crippen LogP contribution in [0.15, 0.2) is 42.5 Å². The van der Waals surface area contributed by atoms with E-state index in [4.69, 9.17) is 9.47 Å². The third-order valence-electron chi connectivity index (χ3n) is 5.76. The summed E-state index contributed by atoms with van der Waals surface area (Å²) in [5.41, 5.74) is 1.94. The van der Waals surface area contributed by atoms with E-state index in [9.17, 15) is 19.1 Å². The molecule has 2 aromatic carbocycles. The van der Waals surface area contributed by atoms with Crippen LogP contribution < -0.4 is 15.4 Å². The summed E-state index contributed by atoms with van der Waals surface area (Å²) in [6.45, 7) is -0.215. The maximum absolute atomic E-state index is 13.0. The van der Waals surface area contributed by atoms with E-state index in [2.05, 4.69) is 10.6 Å². The normalized spacial score (nSPS) is 23.5. The molecule has 2 aromatic rings. The van der Waals surface area contributed by atoms with E-state index in [1.165, 1.54) is 29.2 Å². The molecule has 1 fully saturated rings. The van der Waals surface area contributed by atoms with E-state index < -0.39 is 12.1 Å². The number of benzene rings is 2. The van der Waals surface area contributed by atoms with Crippen LogP contribution >= 0.6 is 0 Å². The largest absolute Gasteiger partial charge is 0.487 e. The van der Waals surface area contributed by atoms with Gasteiger partial charge in [0.25, 0.3) is 0 Å². The van der Waals surface area contributed by atoms with Crippen LogP contribution in [0.5, 0.6) is 5.75 Å². The lowest BCUT2D eigenvalue weighted by Gasteiger charge is -2.37. The summed E-state index contributed by atoms with van der Waals surface area (Å²) in [5.74, 6) is 0.174. The number of nitrogens with zero attached hydrogens (tertiary/aromatic N) is 1. The van der Waals surface area contributed by atoms with Gasteiger partial charge in [-0.3, -0.25) is 4.79 Å². The number of hydrogen-bond donors (Lipinski definition) is 3. The molecule has 8 nitrogen and oxygen atoms in total. The SMILES string of the molecule is CN(C)C(=O)C[C@H]1C[C@@H]2c3cc(NC(=O)Nc4ccc(F)cc4)ccc3O[C@@H]2[C@@H](CO)O1. The van der Waals surface area contributed by atoms with Gasteiger partial charge in [-0.1, -0.05) is 0 Å². The van der Waals surface area contributed by atoms with Crippen LogP contribution in [0, 0.1) is 5.82 Å². The molecule has 2 aliphatic heterocycles. The van der Waals surface area contributed by atoms with Crippen LogP contribution in [-0.2, 0) is 9.53 Å². The van der Waals surface area contributed by atoms with E-state index in [0.717, 1.165) is 5.56 Å².